The van der Waals surface area contributed by atoms with Crippen molar-refractivity contribution in [2.45, 2.75) is 31.8 Å². The number of nitrogen functional groups attached to an aromatic ring is 1. The minimum Gasteiger partial charge on any atom is -0.487 e. The first kappa shape index (κ1) is 9.31. The van der Waals surface area contributed by atoms with Crippen molar-refractivity contribution in [2.24, 2.45) is 0 Å². The number of ether oxygens (including phenoxy) is 1. The number of hydrogen-bond acceptors (Lipinski definition) is 2. The van der Waals surface area contributed by atoms with Gasteiger partial charge in [0.15, 0.2) is 11.6 Å². The maximum atomic E-state index is 13.2. The second-order valence-electron chi connectivity index (χ2n) is 3.71. The third-order valence-electron chi connectivity index (χ3n) is 2.55. The summed E-state index contributed by atoms with van der Waals surface area (Å²) in [5.74, 6) is -0.0389. The molecular formula is C11H14FNO. The molecule has 0 aromatic heterocycles. The van der Waals surface area contributed by atoms with Crippen molar-refractivity contribution in [1.82, 2.24) is 0 Å². The van der Waals surface area contributed by atoms with Crippen LogP contribution in [0.1, 0.15) is 25.7 Å². The summed E-state index contributed by atoms with van der Waals surface area (Å²) in [5.41, 5.74) is 6.10. The van der Waals surface area contributed by atoms with E-state index in [-0.39, 0.29) is 17.7 Å². The van der Waals surface area contributed by atoms with Crippen molar-refractivity contribution in [3.8, 4) is 5.75 Å². The molecule has 0 atom stereocenters. The first-order valence-corrected chi connectivity index (χ1v) is 4.97. The maximum Gasteiger partial charge on any atom is 0.165 e. The largest absolute Gasteiger partial charge is 0.487 e. The Balaban J connectivity index is 2.10. The highest BCUT2D eigenvalue weighted by molar-refractivity contribution is 5.44. The van der Waals surface area contributed by atoms with Gasteiger partial charge in [0.1, 0.15) is 0 Å². The van der Waals surface area contributed by atoms with Crippen LogP contribution in [-0.4, -0.2) is 6.10 Å². The van der Waals surface area contributed by atoms with Crippen LogP contribution in [0.25, 0.3) is 0 Å². The molecule has 0 radical (unpaired) electrons. The smallest absolute Gasteiger partial charge is 0.165 e. The third kappa shape index (κ3) is 1.97. The molecule has 0 spiro atoms. The second-order valence-corrected chi connectivity index (χ2v) is 3.71. The Morgan fingerprint density at radius 1 is 1.29 bits per heavy atom. The van der Waals surface area contributed by atoms with Gasteiger partial charge < -0.3 is 10.5 Å². The fraction of sp³-hybridized carbons (Fsp3) is 0.455. The van der Waals surface area contributed by atoms with E-state index in [0.717, 1.165) is 12.8 Å². The highest BCUT2D eigenvalue weighted by Crippen LogP contribution is 2.27. The Morgan fingerprint density at radius 3 is 2.71 bits per heavy atom. The molecule has 0 amide bonds. The van der Waals surface area contributed by atoms with E-state index in [9.17, 15) is 4.39 Å². The van der Waals surface area contributed by atoms with Crippen LogP contribution in [0, 0.1) is 5.82 Å². The van der Waals surface area contributed by atoms with Gasteiger partial charge in [-0.25, -0.2) is 4.39 Å². The van der Waals surface area contributed by atoms with E-state index in [4.69, 9.17) is 10.5 Å². The molecule has 1 aliphatic carbocycles. The van der Waals surface area contributed by atoms with Gasteiger partial charge in [0.25, 0.3) is 0 Å². The lowest BCUT2D eigenvalue weighted by molar-refractivity contribution is 0.201. The molecule has 0 heterocycles. The average molecular weight is 195 g/mol. The fourth-order valence-electron chi connectivity index (χ4n) is 1.80. The molecule has 0 bridgehead atoms. The van der Waals surface area contributed by atoms with E-state index in [1.807, 2.05) is 0 Å². The van der Waals surface area contributed by atoms with E-state index >= 15 is 0 Å². The molecule has 3 heteroatoms. The fourth-order valence-corrected chi connectivity index (χ4v) is 1.80. The minimum atomic E-state index is -0.328. The molecular weight excluding hydrogens is 181 g/mol. The molecule has 1 aromatic carbocycles. The van der Waals surface area contributed by atoms with Gasteiger partial charge in [-0.3, -0.25) is 0 Å². The molecule has 2 nitrogen and oxygen atoms in total. The van der Waals surface area contributed by atoms with Crippen LogP contribution in [0.2, 0.25) is 0 Å². The first-order valence-electron chi connectivity index (χ1n) is 4.97. The number of halogens is 1. The van der Waals surface area contributed by atoms with Crippen molar-refractivity contribution >= 4 is 5.69 Å². The van der Waals surface area contributed by atoms with Gasteiger partial charge in [0.2, 0.25) is 0 Å². The molecule has 2 rings (SSSR count). The summed E-state index contributed by atoms with van der Waals surface area (Å²) in [6.07, 6.45) is 4.57. The summed E-state index contributed by atoms with van der Waals surface area (Å²) in [7, 11) is 0. The molecule has 14 heavy (non-hydrogen) atoms. The minimum absolute atomic E-state index is 0.172. The summed E-state index contributed by atoms with van der Waals surface area (Å²) in [6.45, 7) is 0. The van der Waals surface area contributed by atoms with Crippen molar-refractivity contribution in [2.75, 3.05) is 5.73 Å². The number of anilines is 1. The monoisotopic (exact) mass is 195 g/mol. The molecule has 0 unspecified atom stereocenters. The van der Waals surface area contributed by atoms with E-state index in [1.165, 1.54) is 25.0 Å². The maximum absolute atomic E-state index is 13.2. The zero-order chi connectivity index (χ0) is 9.97. The van der Waals surface area contributed by atoms with Gasteiger partial charge in [-0.15, -0.1) is 0 Å². The number of nitrogens with two attached hydrogens (primary N) is 1. The third-order valence-corrected chi connectivity index (χ3v) is 2.55. The van der Waals surface area contributed by atoms with Crippen LogP contribution < -0.4 is 10.5 Å². The van der Waals surface area contributed by atoms with Crippen molar-refractivity contribution in [1.29, 1.82) is 0 Å². The number of benzene rings is 1. The molecule has 0 saturated heterocycles. The lowest BCUT2D eigenvalue weighted by Gasteiger charge is -2.13. The zero-order valence-corrected chi connectivity index (χ0v) is 8.00. The molecule has 1 fully saturated rings. The van der Waals surface area contributed by atoms with Crippen LogP contribution in [0.5, 0.6) is 5.75 Å². The highest BCUT2D eigenvalue weighted by Gasteiger charge is 2.17. The van der Waals surface area contributed by atoms with Crippen molar-refractivity contribution in [3.63, 3.8) is 0 Å². The van der Waals surface area contributed by atoms with Crippen LogP contribution in [0.15, 0.2) is 18.2 Å². The molecule has 76 valence electrons. The van der Waals surface area contributed by atoms with E-state index in [0.29, 0.717) is 5.69 Å². The van der Waals surface area contributed by atoms with Gasteiger partial charge in [0.05, 0.1) is 6.10 Å². The summed E-state index contributed by atoms with van der Waals surface area (Å²) in [4.78, 5) is 0. The van der Waals surface area contributed by atoms with Crippen LogP contribution >= 0.6 is 0 Å². The zero-order valence-electron chi connectivity index (χ0n) is 8.00. The first-order chi connectivity index (χ1) is 6.75. The molecule has 1 saturated carbocycles. The Labute approximate surface area is 82.9 Å². The number of hydrogen-bond donors (Lipinski definition) is 1. The van der Waals surface area contributed by atoms with Gasteiger partial charge in [0, 0.05) is 11.8 Å². The molecule has 0 aliphatic heterocycles. The van der Waals surface area contributed by atoms with Crippen LogP contribution in [-0.2, 0) is 0 Å². The topological polar surface area (TPSA) is 35.2 Å². The average Bonchev–Trinajstić information content (AvgIpc) is 2.64. The predicted molar refractivity (Wildman–Crippen MR) is 53.7 cm³/mol. The summed E-state index contributed by atoms with van der Waals surface area (Å²) < 4.78 is 18.8. The van der Waals surface area contributed by atoms with Gasteiger partial charge in [-0.05, 0) is 37.8 Å². The summed E-state index contributed by atoms with van der Waals surface area (Å²) >= 11 is 0. The van der Waals surface area contributed by atoms with Gasteiger partial charge in [-0.1, -0.05) is 0 Å². The lowest BCUT2D eigenvalue weighted by atomic mass is 10.2. The Morgan fingerprint density at radius 2 is 2.00 bits per heavy atom. The molecule has 1 aliphatic rings. The van der Waals surface area contributed by atoms with E-state index in [1.54, 1.807) is 6.07 Å². The van der Waals surface area contributed by atoms with E-state index < -0.39 is 0 Å². The molecule has 2 N–H and O–H groups in total. The second kappa shape index (κ2) is 3.86. The Hall–Kier alpha value is -1.25. The standard InChI is InChI=1S/C11H14FNO/c12-10-6-5-8(13)7-11(10)14-9-3-1-2-4-9/h5-7,9H,1-4,13H2. The van der Waals surface area contributed by atoms with Gasteiger partial charge in [-0.2, -0.15) is 0 Å². The van der Waals surface area contributed by atoms with Crippen molar-refractivity contribution in [3.05, 3.63) is 24.0 Å². The van der Waals surface area contributed by atoms with Gasteiger partial charge >= 0.3 is 0 Å². The SMILES string of the molecule is Nc1ccc(F)c(OC2CCCC2)c1. The number of rotatable bonds is 2. The molecule has 1 aromatic rings. The quantitative estimate of drug-likeness (QED) is 0.736. The Kier molecular flexibility index (Phi) is 2.57. The Bertz CT molecular complexity index is 321. The summed E-state index contributed by atoms with van der Waals surface area (Å²) in [6, 6.07) is 4.43. The highest BCUT2D eigenvalue weighted by atomic mass is 19.1. The normalized spacial score (nSPS) is 17.2. The van der Waals surface area contributed by atoms with Crippen LogP contribution in [0.4, 0.5) is 10.1 Å². The predicted octanol–water partition coefficient (Wildman–Crippen LogP) is 2.73. The van der Waals surface area contributed by atoms with E-state index in [2.05, 4.69) is 0 Å². The summed E-state index contributed by atoms with van der Waals surface area (Å²) in [5, 5.41) is 0. The van der Waals surface area contributed by atoms with Crippen LogP contribution in [0.3, 0.4) is 0 Å². The lowest BCUT2D eigenvalue weighted by Crippen LogP contribution is -2.12. The van der Waals surface area contributed by atoms with Crippen molar-refractivity contribution < 1.29 is 9.13 Å².